The molecule has 0 bridgehead atoms. The van der Waals surface area contributed by atoms with Gasteiger partial charge in [-0.05, 0) is 48.5 Å². The maximum absolute atomic E-state index is 13.2. The summed E-state index contributed by atoms with van der Waals surface area (Å²) < 4.78 is 13.2. The fourth-order valence-corrected chi connectivity index (χ4v) is 2.52. The topological polar surface area (TPSA) is 94.9 Å². The lowest BCUT2D eigenvalue weighted by molar-refractivity contribution is 0.102. The average molecular weight is 395 g/mol. The molecule has 0 radical (unpaired) electrons. The number of nitriles is 1. The highest BCUT2D eigenvalue weighted by Gasteiger charge is 2.13. The van der Waals surface area contributed by atoms with Crippen molar-refractivity contribution in [3.8, 4) is 6.07 Å². The summed E-state index contributed by atoms with van der Waals surface area (Å²) in [5.74, 6) is -1.64. The van der Waals surface area contributed by atoms with Gasteiger partial charge in [-0.15, -0.1) is 0 Å². The number of halogens is 2. The molecule has 138 valence electrons. The monoisotopic (exact) mass is 394 g/mol. The average Bonchev–Trinajstić information content (AvgIpc) is 2.71. The van der Waals surface area contributed by atoms with Crippen molar-refractivity contribution in [1.29, 1.82) is 5.26 Å². The van der Waals surface area contributed by atoms with E-state index in [1.807, 2.05) is 6.07 Å². The molecule has 0 aliphatic heterocycles. The first-order valence-corrected chi connectivity index (χ1v) is 8.38. The third kappa shape index (κ3) is 4.50. The first kappa shape index (κ1) is 19.0. The molecule has 8 heteroatoms. The van der Waals surface area contributed by atoms with E-state index in [0.717, 1.165) is 6.07 Å². The summed E-state index contributed by atoms with van der Waals surface area (Å²) in [5.41, 5.74) is 1.35. The second kappa shape index (κ2) is 8.29. The second-order valence-electron chi connectivity index (χ2n) is 5.66. The number of pyridine rings is 1. The molecule has 1 heterocycles. The van der Waals surface area contributed by atoms with Gasteiger partial charge in [-0.2, -0.15) is 5.26 Å². The van der Waals surface area contributed by atoms with E-state index in [9.17, 15) is 14.0 Å². The molecule has 2 amide bonds. The molecule has 2 aromatic carbocycles. The van der Waals surface area contributed by atoms with Crippen LogP contribution in [0.15, 0.2) is 60.8 Å². The summed E-state index contributed by atoms with van der Waals surface area (Å²) in [4.78, 5) is 28.7. The third-order valence-electron chi connectivity index (χ3n) is 3.68. The van der Waals surface area contributed by atoms with Crippen molar-refractivity contribution in [2.75, 3.05) is 10.6 Å². The van der Waals surface area contributed by atoms with Crippen molar-refractivity contribution in [1.82, 2.24) is 4.98 Å². The Morgan fingerprint density at radius 1 is 1.00 bits per heavy atom. The Balaban J connectivity index is 1.75. The number of hydrogen-bond donors (Lipinski definition) is 2. The highest BCUT2D eigenvalue weighted by atomic mass is 35.5. The highest BCUT2D eigenvalue weighted by Crippen LogP contribution is 2.20. The van der Waals surface area contributed by atoms with Crippen molar-refractivity contribution in [3.63, 3.8) is 0 Å². The summed E-state index contributed by atoms with van der Waals surface area (Å²) >= 11 is 5.70. The largest absolute Gasteiger partial charge is 0.322 e. The maximum atomic E-state index is 13.2. The molecule has 3 rings (SSSR count). The highest BCUT2D eigenvalue weighted by molar-refractivity contribution is 6.31. The van der Waals surface area contributed by atoms with E-state index in [0.29, 0.717) is 16.9 Å². The molecule has 0 aliphatic carbocycles. The minimum absolute atomic E-state index is 0.0205. The van der Waals surface area contributed by atoms with Gasteiger partial charge in [0.05, 0.1) is 16.7 Å². The Labute approximate surface area is 164 Å². The van der Waals surface area contributed by atoms with Gasteiger partial charge in [0.15, 0.2) is 0 Å². The van der Waals surface area contributed by atoms with Crippen molar-refractivity contribution in [3.05, 3.63) is 88.5 Å². The normalized spacial score (nSPS) is 10.0. The summed E-state index contributed by atoms with van der Waals surface area (Å²) in [7, 11) is 0. The number of amides is 2. The van der Waals surface area contributed by atoms with Crippen molar-refractivity contribution in [2.45, 2.75) is 0 Å². The zero-order valence-electron chi connectivity index (χ0n) is 14.2. The van der Waals surface area contributed by atoms with E-state index < -0.39 is 17.6 Å². The summed E-state index contributed by atoms with van der Waals surface area (Å²) in [6.45, 7) is 0. The van der Waals surface area contributed by atoms with Crippen LogP contribution in [0, 0.1) is 17.1 Å². The molecule has 1 aromatic heterocycles. The smallest absolute Gasteiger partial charge is 0.274 e. The van der Waals surface area contributed by atoms with Crippen molar-refractivity contribution < 1.29 is 14.0 Å². The zero-order valence-corrected chi connectivity index (χ0v) is 15.0. The van der Waals surface area contributed by atoms with Crippen LogP contribution in [0.3, 0.4) is 0 Å². The Morgan fingerprint density at radius 3 is 2.50 bits per heavy atom. The van der Waals surface area contributed by atoms with E-state index >= 15 is 0 Å². The number of nitrogens with zero attached hydrogens (tertiary/aromatic N) is 2. The minimum atomic E-state index is -0.594. The first-order chi connectivity index (χ1) is 13.5. The molecule has 28 heavy (non-hydrogen) atoms. The number of anilines is 2. The molecule has 6 nitrogen and oxygen atoms in total. The molecule has 0 saturated carbocycles. The summed E-state index contributed by atoms with van der Waals surface area (Å²) in [6, 6.07) is 14.9. The number of benzene rings is 2. The van der Waals surface area contributed by atoms with Crippen LogP contribution in [-0.2, 0) is 0 Å². The Morgan fingerprint density at radius 2 is 1.75 bits per heavy atom. The molecule has 0 unspecified atom stereocenters. The quantitative estimate of drug-likeness (QED) is 0.691. The fraction of sp³-hybridized carbons (Fsp3) is 0. The SMILES string of the molecule is N#Cc1cccc(NC(=O)c2cc(C(=O)Nc3ccc(F)c(Cl)c3)ccn2)c1. The second-order valence-corrected chi connectivity index (χ2v) is 6.07. The van der Waals surface area contributed by atoms with Crippen LogP contribution < -0.4 is 10.6 Å². The maximum Gasteiger partial charge on any atom is 0.274 e. The van der Waals surface area contributed by atoms with Crippen LogP contribution in [0.4, 0.5) is 15.8 Å². The molecule has 0 spiro atoms. The van der Waals surface area contributed by atoms with Gasteiger partial charge in [-0.25, -0.2) is 4.39 Å². The predicted octanol–water partition coefficient (Wildman–Crippen LogP) is 4.25. The third-order valence-corrected chi connectivity index (χ3v) is 3.97. The molecule has 2 N–H and O–H groups in total. The van der Waals surface area contributed by atoms with E-state index in [4.69, 9.17) is 16.9 Å². The number of carbonyl (C=O) groups is 2. The molecule has 3 aromatic rings. The lowest BCUT2D eigenvalue weighted by Crippen LogP contribution is -2.17. The molecule has 0 aliphatic rings. The van der Waals surface area contributed by atoms with Gasteiger partial charge in [-0.1, -0.05) is 17.7 Å². The van der Waals surface area contributed by atoms with Gasteiger partial charge < -0.3 is 10.6 Å². The van der Waals surface area contributed by atoms with E-state index in [1.54, 1.807) is 18.2 Å². The zero-order chi connectivity index (χ0) is 20.1. The van der Waals surface area contributed by atoms with Crippen LogP contribution in [-0.4, -0.2) is 16.8 Å². The van der Waals surface area contributed by atoms with Gasteiger partial charge in [-0.3, -0.25) is 14.6 Å². The Hall–Kier alpha value is -3.76. The van der Waals surface area contributed by atoms with Crippen LogP contribution in [0.5, 0.6) is 0 Å². The number of carbonyl (C=O) groups excluding carboxylic acids is 2. The summed E-state index contributed by atoms with van der Waals surface area (Å²) in [5, 5.41) is 14.0. The lowest BCUT2D eigenvalue weighted by Gasteiger charge is -2.08. The number of hydrogen-bond acceptors (Lipinski definition) is 4. The number of rotatable bonds is 4. The van der Waals surface area contributed by atoms with Crippen LogP contribution in [0.25, 0.3) is 0 Å². The van der Waals surface area contributed by atoms with E-state index in [1.165, 1.54) is 36.5 Å². The van der Waals surface area contributed by atoms with Gasteiger partial charge in [0.1, 0.15) is 11.5 Å². The van der Waals surface area contributed by atoms with Crippen molar-refractivity contribution in [2.24, 2.45) is 0 Å². The first-order valence-electron chi connectivity index (χ1n) is 8.00. The number of aromatic nitrogens is 1. The van der Waals surface area contributed by atoms with Crippen LogP contribution >= 0.6 is 11.6 Å². The molecule has 0 atom stereocenters. The van der Waals surface area contributed by atoms with E-state index in [-0.39, 0.29) is 16.3 Å². The minimum Gasteiger partial charge on any atom is -0.322 e. The van der Waals surface area contributed by atoms with Crippen LogP contribution in [0.1, 0.15) is 26.4 Å². The lowest BCUT2D eigenvalue weighted by atomic mass is 10.2. The standard InChI is InChI=1S/C20H12ClFN4O2/c21-16-10-15(4-5-17(16)22)25-19(27)13-6-7-24-18(9-13)20(28)26-14-3-1-2-12(8-14)11-23/h1-10H,(H,25,27)(H,26,28). The molecular weight excluding hydrogens is 383 g/mol. The summed E-state index contributed by atoms with van der Waals surface area (Å²) in [6.07, 6.45) is 1.33. The predicted molar refractivity (Wildman–Crippen MR) is 103 cm³/mol. The molecule has 0 fully saturated rings. The van der Waals surface area contributed by atoms with Gasteiger partial charge in [0.2, 0.25) is 0 Å². The van der Waals surface area contributed by atoms with Gasteiger partial charge in [0.25, 0.3) is 11.8 Å². The van der Waals surface area contributed by atoms with E-state index in [2.05, 4.69) is 15.6 Å². The van der Waals surface area contributed by atoms with Crippen molar-refractivity contribution >= 4 is 34.8 Å². The fourth-order valence-electron chi connectivity index (χ4n) is 2.33. The van der Waals surface area contributed by atoms with Gasteiger partial charge in [0, 0.05) is 23.1 Å². The Kier molecular flexibility index (Phi) is 5.63. The Bertz CT molecular complexity index is 1110. The molecule has 0 saturated heterocycles. The van der Waals surface area contributed by atoms with Gasteiger partial charge >= 0.3 is 0 Å². The number of nitrogens with one attached hydrogen (secondary N) is 2. The molecular formula is C20H12ClFN4O2. The van der Waals surface area contributed by atoms with Crippen LogP contribution in [0.2, 0.25) is 5.02 Å².